The molecule has 1 heterocycles. The van der Waals surface area contributed by atoms with Crippen LogP contribution in [0.4, 0.5) is 0 Å². The van der Waals surface area contributed by atoms with Gasteiger partial charge in [0.25, 0.3) is 5.91 Å². The molecule has 0 saturated heterocycles. The highest BCUT2D eigenvalue weighted by atomic mass is 127. The van der Waals surface area contributed by atoms with E-state index in [1.807, 2.05) is 46.9 Å². The highest BCUT2D eigenvalue weighted by Crippen LogP contribution is 2.22. The molecule has 258 valence electrons. The van der Waals surface area contributed by atoms with Gasteiger partial charge in [-0.3, -0.25) is 19.2 Å². The summed E-state index contributed by atoms with van der Waals surface area (Å²) in [5.74, 6) is -3.39. The fraction of sp³-hybridized carbons (Fsp3) is 0.412. The van der Waals surface area contributed by atoms with Crippen molar-refractivity contribution in [3.8, 4) is 5.75 Å². The van der Waals surface area contributed by atoms with Crippen LogP contribution in [0.5, 0.6) is 5.75 Å². The number of hydrogen-bond donors (Lipinski definition) is 2. The van der Waals surface area contributed by atoms with E-state index in [1.165, 1.54) is 38.7 Å². The first-order chi connectivity index (χ1) is 23.0. The summed E-state index contributed by atoms with van der Waals surface area (Å²) in [5, 5.41) is 6.15. The van der Waals surface area contributed by atoms with E-state index in [9.17, 15) is 24.0 Å². The number of hydrogen-bond acceptors (Lipinski definition) is 11. The second-order valence-electron chi connectivity index (χ2n) is 11.1. The highest BCUT2D eigenvalue weighted by Gasteiger charge is 2.42. The molecule has 2 aromatic carbocycles. The van der Waals surface area contributed by atoms with Crippen molar-refractivity contribution in [2.24, 2.45) is 5.92 Å². The summed E-state index contributed by atoms with van der Waals surface area (Å²) in [6.07, 6.45) is 1.21. The van der Waals surface area contributed by atoms with Crippen LogP contribution >= 0.6 is 33.9 Å². The van der Waals surface area contributed by atoms with Crippen LogP contribution in [0, 0.1) is 12.8 Å². The number of carbonyl (C=O) groups excluding carboxylic acids is 5. The van der Waals surface area contributed by atoms with Crippen LogP contribution in [0.15, 0.2) is 66.9 Å². The number of alkyl halides is 1. The molecule has 0 aliphatic heterocycles. The van der Waals surface area contributed by atoms with Crippen LogP contribution in [0.2, 0.25) is 0 Å². The van der Waals surface area contributed by atoms with Crippen LogP contribution in [-0.4, -0.2) is 90.5 Å². The van der Waals surface area contributed by atoms with Gasteiger partial charge in [0, 0.05) is 25.1 Å². The molecule has 14 heteroatoms. The van der Waals surface area contributed by atoms with Crippen LogP contribution in [0.25, 0.3) is 0 Å². The molecule has 0 spiro atoms. The maximum Gasteiger partial charge on any atom is 0.345 e. The molecular formula is C34H40IN3O9S. The van der Waals surface area contributed by atoms with Crippen molar-refractivity contribution in [2.75, 3.05) is 38.5 Å². The van der Waals surface area contributed by atoms with Crippen LogP contribution in [-0.2, 0) is 39.8 Å². The number of para-hydroxylation sites is 1. The molecule has 2 N–H and O–H groups in total. The largest absolute Gasteiger partial charge is 0.482 e. The van der Waals surface area contributed by atoms with E-state index in [1.54, 1.807) is 43.3 Å². The Morgan fingerprint density at radius 1 is 0.917 bits per heavy atom. The smallest absolute Gasteiger partial charge is 0.345 e. The third kappa shape index (κ3) is 11.8. The number of nitrogens with zero attached hydrogens (tertiary/aromatic N) is 1. The Labute approximate surface area is 297 Å². The van der Waals surface area contributed by atoms with Gasteiger partial charge in [0.05, 0.1) is 36.4 Å². The van der Waals surface area contributed by atoms with Crippen molar-refractivity contribution in [3.05, 3.63) is 82.3 Å². The van der Waals surface area contributed by atoms with Crippen LogP contribution in [0.3, 0.4) is 0 Å². The third-order valence-corrected chi connectivity index (χ3v) is 9.56. The lowest BCUT2D eigenvalue weighted by Gasteiger charge is -2.31. The van der Waals surface area contributed by atoms with Crippen molar-refractivity contribution in [1.82, 2.24) is 15.6 Å². The molecule has 3 aromatic rings. The Bertz CT molecular complexity index is 1520. The number of carbonyl (C=O) groups is 5. The van der Waals surface area contributed by atoms with Gasteiger partial charge in [-0.15, -0.1) is 11.3 Å². The fourth-order valence-electron chi connectivity index (χ4n) is 4.69. The predicted molar refractivity (Wildman–Crippen MR) is 187 cm³/mol. The minimum atomic E-state index is -1.61. The number of nitrogens with one attached hydrogen (secondary N) is 2. The van der Waals surface area contributed by atoms with E-state index in [4.69, 9.17) is 18.9 Å². The zero-order valence-electron chi connectivity index (χ0n) is 27.2. The van der Waals surface area contributed by atoms with Gasteiger partial charge in [-0.2, -0.15) is 0 Å². The van der Waals surface area contributed by atoms with Crippen molar-refractivity contribution >= 4 is 63.3 Å². The maximum atomic E-state index is 14.1. The van der Waals surface area contributed by atoms with Gasteiger partial charge in [0.2, 0.25) is 5.91 Å². The SMILES string of the molecule is COC[C@H](CC(=O)[C@H](COC)NC(=O)c1cnc(C)s1)C(=O)N[C@@H](Cc1ccccc1)C(=O)[C@@](C)(CI)OC(=O)COc1ccccc1. The van der Waals surface area contributed by atoms with Gasteiger partial charge in [0.1, 0.15) is 16.7 Å². The number of rotatable bonds is 20. The summed E-state index contributed by atoms with van der Waals surface area (Å²) in [5.41, 5.74) is -0.855. The topological polar surface area (TPSA) is 159 Å². The summed E-state index contributed by atoms with van der Waals surface area (Å²) < 4.78 is 21.7. The number of methoxy groups -OCH3 is 2. The first-order valence-electron chi connectivity index (χ1n) is 15.1. The minimum Gasteiger partial charge on any atom is -0.482 e. The lowest BCUT2D eigenvalue weighted by molar-refractivity contribution is -0.166. The average molecular weight is 794 g/mol. The first kappa shape index (κ1) is 38.7. The molecule has 3 rings (SSSR count). The van der Waals surface area contributed by atoms with E-state index in [2.05, 4.69) is 15.6 Å². The molecule has 0 fully saturated rings. The number of amides is 2. The minimum absolute atomic E-state index is 0.0967. The second-order valence-corrected chi connectivity index (χ2v) is 13.1. The number of ketones is 2. The summed E-state index contributed by atoms with van der Waals surface area (Å²) in [7, 11) is 2.79. The average Bonchev–Trinajstić information content (AvgIpc) is 3.53. The quantitative estimate of drug-likeness (QED) is 0.0986. The maximum absolute atomic E-state index is 14.1. The van der Waals surface area contributed by atoms with Gasteiger partial charge in [0.15, 0.2) is 23.8 Å². The van der Waals surface area contributed by atoms with Crippen molar-refractivity contribution < 1.29 is 42.9 Å². The lowest BCUT2D eigenvalue weighted by atomic mass is 9.91. The van der Waals surface area contributed by atoms with Gasteiger partial charge < -0.3 is 29.6 Å². The monoisotopic (exact) mass is 793 g/mol. The summed E-state index contributed by atoms with van der Waals surface area (Å²) in [6, 6.07) is 15.6. The standard InChI is InChI=1S/C34H40IN3O9S/c1-22-36-17-29(48-22)33(43)38-27(19-45-4)28(39)16-24(18-44-3)32(42)37-26(15-23-11-7-5-8-12-23)31(41)34(2,21-35)47-30(40)20-46-25-13-9-6-10-14-25/h5-14,17,24,26-27H,15-16,18-21H2,1-4H3,(H,37,42)(H,38,43)/t24-,26-,27-,34+/m0/s1. The summed E-state index contributed by atoms with van der Waals surface area (Å²) in [4.78, 5) is 71.2. The van der Waals surface area contributed by atoms with Crippen LogP contribution < -0.4 is 15.4 Å². The Morgan fingerprint density at radius 3 is 2.15 bits per heavy atom. The molecule has 0 saturated carbocycles. The fourth-order valence-corrected chi connectivity index (χ4v) is 5.90. The van der Waals surface area contributed by atoms with Crippen molar-refractivity contribution in [3.63, 3.8) is 0 Å². The van der Waals surface area contributed by atoms with E-state index in [0.717, 1.165) is 5.56 Å². The van der Waals surface area contributed by atoms with Gasteiger partial charge >= 0.3 is 5.97 Å². The van der Waals surface area contributed by atoms with E-state index >= 15 is 0 Å². The zero-order valence-corrected chi connectivity index (χ0v) is 30.2. The Hall–Kier alpha value is -3.73. The first-order valence-corrected chi connectivity index (χ1v) is 17.4. The molecule has 4 atom stereocenters. The molecule has 48 heavy (non-hydrogen) atoms. The summed E-state index contributed by atoms with van der Waals surface area (Å²) >= 11 is 3.14. The van der Waals surface area contributed by atoms with E-state index in [-0.39, 0.29) is 30.5 Å². The highest BCUT2D eigenvalue weighted by molar-refractivity contribution is 14.1. The summed E-state index contributed by atoms with van der Waals surface area (Å²) in [6.45, 7) is 2.58. The zero-order chi connectivity index (χ0) is 35.1. The Balaban J connectivity index is 1.77. The van der Waals surface area contributed by atoms with Crippen molar-refractivity contribution in [1.29, 1.82) is 0 Å². The molecule has 0 radical (unpaired) electrons. The number of thiazole rings is 1. The molecular weight excluding hydrogens is 753 g/mol. The Kier molecular flexibility index (Phi) is 15.6. The second kappa shape index (κ2) is 19.3. The molecule has 0 aliphatic rings. The molecule has 0 unspecified atom stereocenters. The Morgan fingerprint density at radius 2 is 1.56 bits per heavy atom. The molecule has 0 aliphatic carbocycles. The molecule has 0 bridgehead atoms. The lowest BCUT2D eigenvalue weighted by Crippen LogP contribution is -2.56. The van der Waals surface area contributed by atoms with Gasteiger partial charge in [-0.25, -0.2) is 9.78 Å². The van der Waals surface area contributed by atoms with E-state index in [0.29, 0.717) is 15.6 Å². The molecule has 12 nitrogen and oxygen atoms in total. The number of Topliss-reactive ketones (excluding diaryl/α,β-unsaturated/α-hetero) is 2. The number of halogens is 1. The normalized spacial score (nSPS) is 14.1. The van der Waals surface area contributed by atoms with Gasteiger partial charge in [-0.05, 0) is 38.0 Å². The number of aryl methyl sites for hydroxylation is 1. The number of ether oxygens (including phenoxy) is 4. The number of aromatic nitrogens is 1. The molecule has 2 amide bonds. The predicted octanol–water partition coefficient (Wildman–Crippen LogP) is 3.53. The van der Waals surface area contributed by atoms with E-state index < -0.39 is 59.6 Å². The van der Waals surface area contributed by atoms with Crippen LogP contribution in [0.1, 0.15) is 33.6 Å². The van der Waals surface area contributed by atoms with Gasteiger partial charge in [-0.1, -0.05) is 71.1 Å². The number of benzene rings is 2. The third-order valence-electron chi connectivity index (χ3n) is 7.19. The van der Waals surface area contributed by atoms with Crippen molar-refractivity contribution in [2.45, 2.75) is 44.4 Å². The number of esters is 1. The molecule has 1 aromatic heterocycles.